The van der Waals surface area contributed by atoms with Gasteiger partial charge in [0.05, 0.1) is 27.9 Å². The van der Waals surface area contributed by atoms with Gasteiger partial charge in [-0.15, -0.1) is 0 Å². The van der Waals surface area contributed by atoms with Crippen molar-refractivity contribution in [3.8, 4) is 0 Å². The van der Waals surface area contributed by atoms with E-state index in [1.54, 1.807) is 48.5 Å². The quantitative estimate of drug-likeness (QED) is 0.266. The normalized spacial score (nSPS) is 10.8. The average molecular weight is 495 g/mol. The molecular weight excluding hydrogens is 476 g/mol. The highest BCUT2D eigenvalue weighted by Gasteiger charge is 2.15. The van der Waals surface area contributed by atoms with Crippen molar-refractivity contribution in [2.75, 3.05) is 10.6 Å². The maximum absolute atomic E-state index is 12.5. The van der Waals surface area contributed by atoms with Crippen LogP contribution in [0.2, 0.25) is 5.02 Å². The SMILES string of the molecule is O=C(CCCn1c(=O)oc2cc([N+](=O)[O-])ccc21)Nc1ccccc1NC(=O)c1ccc(Cl)cc1. The number of anilines is 2. The van der Waals surface area contributed by atoms with E-state index in [-0.39, 0.29) is 36.1 Å². The molecule has 0 bridgehead atoms. The Bertz CT molecular complexity index is 1480. The van der Waals surface area contributed by atoms with Gasteiger partial charge in [0.25, 0.3) is 11.6 Å². The van der Waals surface area contributed by atoms with E-state index in [2.05, 4.69) is 10.6 Å². The number of carbonyl (C=O) groups excluding carboxylic acids is 2. The Kier molecular flexibility index (Phi) is 6.93. The monoisotopic (exact) mass is 494 g/mol. The fraction of sp³-hybridized carbons (Fsp3) is 0.125. The fourth-order valence-electron chi connectivity index (χ4n) is 3.49. The molecule has 1 heterocycles. The number of hydrogen-bond donors (Lipinski definition) is 2. The van der Waals surface area contributed by atoms with Crippen LogP contribution in [0.25, 0.3) is 11.1 Å². The van der Waals surface area contributed by atoms with E-state index in [4.69, 9.17) is 16.0 Å². The van der Waals surface area contributed by atoms with Crippen molar-refractivity contribution in [1.29, 1.82) is 0 Å². The van der Waals surface area contributed by atoms with Gasteiger partial charge >= 0.3 is 5.76 Å². The number of hydrogen-bond acceptors (Lipinski definition) is 6. The first-order chi connectivity index (χ1) is 16.8. The molecule has 0 radical (unpaired) electrons. The minimum atomic E-state index is -0.656. The van der Waals surface area contributed by atoms with E-state index in [1.165, 1.54) is 22.8 Å². The molecular formula is C24H19ClN4O6. The Morgan fingerprint density at radius 1 is 1.00 bits per heavy atom. The summed E-state index contributed by atoms with van der Waals surface area (Å²) in [6, 6.07) is 17.1. The second kappa shape index (κ2) is 10.2. The molecule has 0 fully saturated rings. The summed E-state index contributed by atoms with van der Waals surface area (Å²) in [6.07, 6.45) is 0.405. The first-order valence-electron chi connectivity index (χ1n) is 10.6. The summed E-state index contributed by atoms with van der Waals surface area (Å²) >= 11 is 5.86. The van der Waals surface area contributed by atoms with Gasteiger partial charge < -0.3 is 15.1 Å². The topological polar surface area (TPSA) is 136 Å². The van der Waals surface area contributed by atoms with Gasteiger partial charge in [-0.1, -0.05) is 23.7 Å². The third-order valence-electron chi connectivity index (χ3n) is 5.20. The highest BCUT2D eigenvalue weighted by atomic mass is 35.5. The van der Waals surface area contributed by atoms with Crippen LogP contribution in [0.15, 0.2) is 75.9 Å². The van der Waals surface area contributed by atoms with Crippen LogP contribution in [0.3, 0.4) is 0 Å². The number of nitro benzene ring substituents is 1. The molecule has 0 aliphatic heterocycles. The number of para-hydroxylation sites is 2. The van der Waals surface area contributed by atoms with Crippen molar-refractivity contribution in [2.45, 2.75) is 19.4 Å². The molecule has 0 unspecified atom stereocenters. The number of nitrogens with one attached hydrogen (secondary N) is 2. The standard InChI is InChI=1S/C24H19ClN4O6/c25-16-9-7-15(8-10-16)23(31)27-19-5-2-1-4-18(19)26-22(30)6-3-13-28-20-12-11-17(29(33)34)14-21(20)35-24(28)32/h1-2,4-5,7-12,14H,3,6,13H2,(H,26,30)(H,27,31). The molecule has 4 aromatic rings. The maximum atomic E-state index is 12.5. The van der Waals surface area contributed by atoms with Gasteiger partial charge in [0, 0.05) is 29.6 Å². The first kappa shape index (κ1) is 23.7. The maximum Gasteiger partial charge on any atom is 0.419 e. The summed E-state index contributed by atoms with van der Waals surface area (Å²) in [5.41, 5.74) is 1.62. The summed E-state index contributed by atoms with van der Waals surface area (Å²) in [6.45, 7) is 0.187. The smallest absolute Gasteiger partial charge is 0.407 e. The number of carbonyl (C=O) groups is 2. The molecule has 1 aromatic heterocycles. The number of rotatable bonds is 8. The number of fused-ring (bicyclic) bond motifs is 1. The molecule has 0 saturated heterocycles. The molecule has 0 atom stereocenters. The lowest BCUT2D eigenvalue weighted by atomic mass is 10.2. The van der Waals surface area contributed by atoms with Crippen molar-refractivity contribution in [3.63, 3.8) is 0 Å². The fourth-order valence-corrected chi connectivity index (χ4v) is 3.61. The number of oxazole rings is 1. The van der Waals surface area contributed by atoms with Crippen LogP contribution < -0.4 is 16.4 Å². The Morgan fingerprint density at radius 3 is 2.37 bits per heavy atom. The highest BCUT2D eigenvalue weighted by molar-refractivity contribution is 6.30. The molecule has 0 aliphatic carbocycles. The summed E-state index contributed by atoms with van der Waals surface area (Å²) in [5.74, 6) is -1.32. The van der Waals surface area contributed by atoms with E-state index in [0.717, 1.165) is 0 Å². The zero-order valence-corrected chi connectivity index (χ0v) is 18.9. The summed E-state index contributed by atoms with van der Waals surface area (Å²) in [7, 11) is 0. The summed E-state index contributed by atoms with van der Waals surface area (Å²) in [5, 5.41) is 17.0. The molecule has 3 aromatic carbocycles. The van der Waals surface area contributed by atoms with Crippen LogP contribution in [-0.4, -0.2) is 21.3 Å². The molecule has 2 N–H and O–H groups in total. The Balaban J connectivity index is 1.38. The van der Waals surface area contributed by atoms with Crippen LogP contribution in [0.1, 0.15) is 23.2 Å². The van der Waals surface area contributed by atoms with Gasteiger partial charge in [-0.05, 0) is 48.9 Å². The molecule has 4 rings (SSSR count). The highest BCUT2D eigenvalue weighted by Crippen LogP contribution is 2.23. The average Bonchev–Trinajstić information content (AvgIpc) is 3.15. The molecule has 10 nitrogen and oxygen atoms in total. The summed E-state index contributed by atoms with van der Waals surface area (Å²) in [4.78, 5) is 47.5. The predicted molar refractivity (Wildman–Crippen MR) is 131 cm³/mol. The molecule has 0 saturated carbocycles. The number of nitrogens with zero attached hydrogens (tertiary/aromatic N) is 2. The van der Waals surface area contributed by atoms with E-state index in [1.807, 2.05) is 0 Å². The van der Waals surface area contributed by atoms with Gasteiger partial charge in [-0.25, -0.2) is 4.79 Å². The van der Waals surface area contributed by atoms with E-state index in [9.17, 15) is 24.5 Å². The van der Waals surface area contributed by atoms with Crippen molar-refractivity contribution in [2.24, 2.45) is 0 Å². The van der Waals surface area contributed by atoms with Crippen molar-refractivity contribution in [3.05, 3.63) is 98.0 Å². The van der Waals surface area contributed by atoms with E-state index < -0.39 is 10.7 Å². The van der Waals surface area contributed by atoms with Crippen LogP contribution in [0.4, 0.5) is 17.1 Å². The molecule has 0 aliphatic rings. The zero-order valence-electron chi connectivity index (χ0n) is 18.2. The molecule has 35 heavy (non-hydrogen) atoms. The summed E-state index contributed by atoms with van der Waals surface area (Å²) < 4.78 is 6.42. The third kappa shape index (κ3) is 5.56. The van der Waals surface area contributed by atoms with Crippen molar-refractivity contribution in [1.82, 2.24) is 4.57 Å². The number of amides is 2. The van der Waals surface area contributed by atoms with Crippen LogP contribution in [0.5, 0.6) is 0 Å². The Hall–Kier alpha value is -4.44. The second-order valence-electron chi connectivity index (χ2n) is 7.59. The first-order valence-corrected chi connectivity index (χ1v) is 10.9. The minimum absolute atomic E-state index is 0.0888. The predicted octanol–water partition coefficient (Wildman–Crippen LogP) is 4.83. The van der Waals surface area contributed by atoms with Crippen molar-refractivity contribution >= 4 is 51.6 Å². The lowest BCUT2D eigenvalue weighted by molar-refractivity contribution is -0.384. The number of aromatic nitrogens is 1. The van der Waals surface area contributed by atoms with E-state index in [0.29, 0.717) is 33.9 Å². The third-order valence-corrected chi connectivity index (χ3v) is 5.46. The lowest BCUT2D eigenvalue weighted by Crippen LogP contribution is -2.18. The lowest BCUT2D eigenvalue weighted by Gasteiger charge is -2.12. The second-order valence-corrected chi connectivity index (χ2v) is 8.02. The Morgan fingerprint density at radius 2 is 1.69 bits per heavy atom. The molecule has 0 spiro atoms. The Labute approximate surface area is 203 Å². The van der Waals surface area contributed by atoms with E-state index >= 15 is 0 Å². The van der Waals surface area contributed by atoms with Crippen LogP contribution >= 0.6 is 11.6 Å². The van der Waals surface area contributed by atoms with Gasteiger partial charge in [0.15, 0.2) is 5.58 Å². The van der Waals surface area contributed by atoms with Crippen LogP contribution in [-0.2, 0) is 11.3 Å². The zero-order chi connectivity index (χ0) is 24.9. The van der Waals surface area contributed by atoms with Gasteiger partial charge in [-0.3, -0.25) is 24.3 Å². The van der Waals surface area contributed by atoms with Gasteiger partial charge in [0.1, 0.15) is 0 Å². The molecule has 2 amide bonds. The van der Waals surface area contributed by atoms with Crippen molar-refractivity contribution < 1.29 is 18.9 Å². The minimum Gasteiger partial charge on any atom is -0.407 e. The number of nitro groups is 1. The van der Waals surface area contributed by atoms with Crippen LogP contribution in [0, 0.1) is 10.1 Å². The van der Waals surface area contributed by atoms with Gasteiger partial charge in [-0.2, -0.15) is 0 Å². The largest absolute Gasteiger partial charge is 0.419 e. The number of halogens is 1. The molecule has 178 valence electrons. The number of non-ortho nitro benzene ring substituents is 1. The number of benzene rings is 3. The van der Waals surface area contributed by atoms with Gasteiger partial charge in [0.2, 0.25) is 5.91 Å². The number of aryl methyl sites for hydroxylation is 1. The molecule has 11 heteroatoms.